The van der Waals surface area contributed by atoms with Crippen LogP contribution in [0.3, 0.4) is 0 Å². The van der Waals surface area contributed by atoms with Crippen LogP contribution in [0.5, 0.6) is 51.7 Å². The number of benzene rings is 4. The van der Waals surface area contributed by atoms with Gasteiger partial charge >= 0.3 is 0 Å². The Labute approximate surface area is 250 Å². The molecule has 4 aromatic rings. The highest BCUT2D eigenvalue weighted by atomic mass is 16.6. The molecule has 10 bridgehead atoms. The average molecular weight is 579 g/mol. The maximum absolute atomic E-state index is 11.3. The van der Waals surface area contributed by atoms with E-state index in [1.165, 1.54) is 0 Å². The first-order chi connectivity index (χ1) is 20.9. The smallest absolute Gasteiger partial charge is 0.212 e. The number of phenols is 2. The highest BCUT2D eigenvalue weighted by Gasteiger charge is 2.40. The molecule has 0 radical (unpaired) electrons. The van der Waals surface area contributed by atoms with E-state index in [1.54, 1.807) is 13.2 Å². The van der Waals surface area contributed by atoms with Crippen LogP contribution in [0.25, 0.3) is 0 Å². The van der Waals surface area contributed by atoms with E-state index >= 15 is 0 Å². The molecule has 43 heavy (non-hydrogen) atoms. The average Bonchev–Trinajstić information content (AvgIpc) is 3.00. The molecular weight excluding hydrogens is 544 g/mol. The normalized spacial score (nSPS) is 20.4. The van der Waals surface area contributed by atoms with E-state index in [0.717, 1.165) is 59.3 Å². The zero-order valence-electron chi connectivity index (χ0n) is 24.5. The fraction of sp³-hybridized carbons (Fsp3) is 0.314. The number of rotatable bonds is 1. The van der Waals surface area contributed by atoms with Gasteiger partial charge in [-0.05, 0) is 98.4 Å². The molecule has 5 heterocycles. The third kappa shape index (κ3) is 4.19. The lowest BCUT2D eigenvalue weighted by atomic mass is 9.86. The van der Waals surface area contributed by atoms with Crippen molar-refractivity contribution in [3.8, 4) is 51.7 Å². The zero-order chi connectivity index (χ0) is 29.4. The first-order valence-corrected chi connectivity index (χ1v) is 14.8. The van der Waals surface area contributed by atoms with Gasteiger partial charge in [0, 0.05) is 36.3 Å². The van der Waals surface area contributed by atoms with Crippen molar-refractivity contribution in [1.29, 1.82) is 0 Å². The quantitative estimate of drug-likeness (QED) is 0.229. The maximum atomic E-state index is 11.3. The summed E-state index contributed by atoms with van der Waals surface area (Å²) in [6, 6.07) is 17.4. The maximum Gasteiger partial charge on any atom is 0.212 e. The van der Waals surface area contributed by atoms with E-state index in [2.05, 4.69) is 36.0 Å². The summed E-state index contributed by atoms with van der Waals surface area (Å²) in [7, 11) is 5.89. The Morgan fingerprint density at radius 3 is 2.07 bits per heavy atom. The predicted molar refractivity (Wildman–Crippen MR) is 161 cm³/mol. The molecule has 8 heteroatoms. The van der Waals surface area contributed by atoms with Crippen molar-refractivity contribution < 1.29 is 29.2 Å². The molecule has 0 saturated heterocycles. The Morgan fingerprint density at radius 1 is 0.698 bits per heavy atom. The largest absolute Gasteiger partial charge is 0.504 e. The van der Waals surface area contributed by atoms with E-state index in [4.69, 9.17) is 18.9 Å². The van der Waals surface area contributed by atoms with Crippen molar-refractivity contribution in [3.63, 3.8) is 0 Å². The molecule has 220 valence electrons. The second-order valence-electron chi connectivity index (χ2n) is 12.1. The van der Waals surface area contributed by atoms with Gasteiger partial charge in [-0.25, -0.2) is 0 Å². The number of phenolic OH excluding ortho intramolecular Hbond substituents is 2. The summed E-state index contributed by atoms with van der Waals surface area (Å²) in [6.07, 6.45) is 2.95. The van der Waals surface area contributed by atoms with Crippen LogP contribution in [0.4, 0.5) is 0 Å². The van der Waals surface area contributed by atoms with Crippen LogP contribution in [0, 0.1) is 0 Å². The van der Waals surface area contributed by atoms with Gasteiger partial charge in [-0.2, -0.15) is 0 Å². The van der Waals surface area contributed by atoms with Crippen LogP contribution in [-0.2, 0) is 25.7 Å². The molecule has 0 amide bonds. The predicted octanol–water partition coefficient (Wildman–Crippen LogP) is 6.65. The standard InChI is InChI=1S/C35H34N2O6/c1-36-11-9-21-17-27(39)32-34-30(21)24(36)14-19-5-4-6-23(13-19)41-28-16-20(7-8-26(28)38)15-25-31-22(10-12-37(25)2)18-29(40-3)33(43-34)35(31)42-32/h4-8,13,16-18,24-25,38-39H,9-12,14-15H2,1-3H3/t24-,25-/m0/s1. The highest BCUT2D eigenvalue weighted by molar-refractivity contribution is 5.71. The summed E-state index contributed by atoms with van der Waals surface area (Å²) in [6.45, 7) is 1.70. The molecule has 0 spiro atoms. The topological polar surface area (TPSA) is 83.9 Å². The first-order valence-electron chi connectivity index (χ1n) is 14.8. The van der Waals surface area contributed by atoms with Crippen LogP contribution in [0.2, 0.25) is 0 Å². The van der Waals surface area contributed by atoms with Gasteiger partial charge in [0.1, 0.15) is 5.75 Å². The van der Waals surface area contributed by atoms with Gasteiger partial charge in [0.15, 0.2) is 34.5 Å². The van der Waals surface area contributed by atoms with Crippen molar-refractivity contribution in [2.24, 2.45) is 0 Å². The molecule has 0 aliphatic carbocycles. The number of methoxy groups -OCH3 is 1. The van der Waals surface area contributed by atoms with Crippen molar-refractivity contribution >= 4 is 0 Å². The lowest BCUT2D eigenvalue weighted by molar-refractivity contribution is 0.211. The Kier molecular flexibility index (Phi) is 6.00. The minimum Gasteiger partial charge on any atom is -0.504 e. The molecule has 0 fully saturated rings. The molecule has 2 N–H and O–H groups in total. The molecule has 2 atom stereocenters. The van der Waals surface area contributed by atoms with Crippen LogP contribution < -0.4 is 18.9 Å². The SMILES string of the molecule is COc1cc2c3c4c1Oc1c(c(O)cc5c1[C@H](Cc1cccc(c1)Oc1cc(ccc1O)C[C@@H]3N(C)CC2)N(C)CC5)O4. The molecule has 4 aromatic carbocycles. The van der Waals surface area contributed by atoms with E-state index < -0.39 is 0 Å². The second-order valence-corrected chi connectivity index (χ2v) is 12.1. The summed E-state index contributed by atoms with van der Waals surface area (Å²) in [4.78, 5) is 4.64. The summed E-state index contributed by atoms with van der Waals surface area (Å²) in [5.41, 5.74) is 6.31. The minimum atomic E-state index is -0.0522. The van der Waals surface area contributed by atoms with Crippen molar-refractivity contribution in [1.82, 2.24) is 9.80 Å². The van der Waals surface area contributed by atoms with Gasteiger partial charge < -0.3 is 29.2 Å². The van der Waals surface area contributed by atoms with Crippen LogP contribution >= 0.6 is 0 Å². The lowest BCUT2D eigenvalue weighted by Gasteiger charge is -2.40. The number of hydrogen-bond donors (Lipinski definition) is 2. The van der Waals surface area contributed by atoms with E-state index in [9.17, 15) is 10.2 Å². The number of ether oxygens (including phenoxy) is 4. The highest BCUT2D eigenvalue weighted by Crippen LogP contribution is 2.60. The van der Waals surface area contributed by atoms with Crippen LogP contribution in [-0.4, -0.2) is 54.3 Å². The molecule has 5 aliphatic rings. The van der Waals surface area contributed by atoms with Crippen molar-refractivity contribution in [2.75, 3.05) is 34.3 Å². The van der Waals surface area contributed by atoms with Crippen LogP contribution in [0.1, 0.15) is 45.5 Å². The van der Waals surface area contributed by atoms with Gasteiger partial charge in [0.25, 0.3) is 0 Å². The second kappa shape index (κ2) is 9.82. The molecule has 8 nitrogen and oxygen atoms in total. The Bertz CT molecular complexity index is 1790. The van der Waals surface area contributed by atoms with Gasteiger partial charge in [-0.3, -0.25) is 9.80 Å². The molecule has 5 aliphatic heterocycles. The van der Waals surface area contributed by atoms with Crippen LogP contribution in [0.15, 0.2) is 54.6 Å². The lowest BCUT2D eigenvalue weighted by Crippen LogP contribution is -2.35. The van der Waals surface area contributed by atoms with E-state index in [-0.39, 0.29) is 23.6 Å². The summed E-state index contributed by atoms with van der Waals surface area (Å²) < 4.78 is 25.8. The van der Waals surface area contributed by atoms with Gasteiger partial charge in [-0.1, -0.05) is 18.2 Å². The number of hydrogen-bond acceptors (Lipinski definition) is 8. The number of nitrogens with zero attached hydrogens (tertiary/aromatic N) is 2. The number of likely N-dealkylation sites (N-methyl/N-ethyl adjacent to an activating group) is 2. The fourth-order valence-electron chi connectivity index (χ4n) is 7.21. The number of aromatic hydroxyl groups is 2. The molecule has 0 aromatic heterocycles. The Balaban J connectivity index is 1.40. The summed E-state index contributed by atoms with van der Waals surface area (Å²) >= 11 is 0. The van der Waals surface area contributed by atoms with Gasteiger partial charge in [0.05, 0.1) is 7.11 Å². The van der Waals surface area contributed by atoms with Gasteiger partial charge in [-0.15, -0.1) is 0 Å². The third-order valence-corrected chi connectivity index (χ3v) is 9.50. The molecule has 0 saturated carbocycles. The monoisotopic (exact) mass is 578 g/mol. The fourth-order valence-corrected chi connectivity index (χ4v) is 7.21. The van der Waals surface area contributed by atoms with E-state index in [0.29, 0.717) is 53.1 Å². The minimum absolute atomic E-state index is 0.0339. The molecule has 9 rings (SSSR count). The van der Waals surface area contributed by atoms with Gasteiger partial charge in [0.2, 0.25) is 11.5 Å². The first kappa shape index (κ1) is 26.2. The van der Waals surface area contributed by atoms with E-state index in [1.807, 2.05) is 36.4 Å². The zero-order valence-corrected chi connectivity index (χ0v) is 24.5. The Morgan fingerprint density at radius 2 is 1.35 bits per heavy atom. The third-order valence-electron chi connectivity index (χ3n) is 9.50. The summed E-state index contributed by atoms with van der Waals surface area (Å²) in [5, 5.41) is 22.1. The summed E-state index contributed by atoms with van der Waals surface area (Å²) in [5.74, 6) is 3.90. The van der Waals surface area contributed by atoms with Crippen molar-refractivity contribution in [2.45, 2.75) is 37.8 Å². The molecule has 0 unspecified atom stereocenters. The molecular formula is C35H34N2O6. The van der Waals surface area contributed by atoms with Crippen molar-refractivity contribution in [3.05, 3.63) is 88.0 Å². The Hall–Kier alpha value is -4.40.